The van der Waals surface area contributed by atoms with Crippen molar-refractivity contribution >= 4 is 11.4 Å². The topological polar surface area (TPSA) is 72.4 Å². The van der Waals surface area contributed by atoms with Gasteiger partial charge in [-0.05, 0) is 68.2 Å². The molecule has 2 aromatic rings. The van der Waals surface area contributed by atoms with Crippen molar-refractivity contribution in [3.05, 3.63) is 69.3 Å². The molecule has 0 aliphatic heterocycles. The van der Waals surface area contributed by atoms with Crippen LogP contribution in [0.3, 0.4) is 0 Å². The number of nitro groups is 1. The van der Waals surface area contributed by atoms with Gasteiger partial charge in [-0.15, -0.1) is 0 Å². The zero-order valence-electron chi connectivity index (χ0n) is 15.8. The van der Waals surface area contributed by atoms with E-state index in [0.717, 1.165) is 49.8 Å². The lowest BCUT2D eigenvalue weighted by molar-refractivity contribution is -0.384. The van der Waals surface area contributed by atoms with Gasteiger partial charge in [-0.1, -0.05) is 30.3 Å². The number of nitrogens with two attached hydrogens (primary N) is 1. The number of benzene rings is 2. The SMILES string of the molecule is Cc1ccc(N(C2Cc3ccccc3C2)[C@H]2CC[C@@H](N)CC2)c([N+](=O)[O-])c1. The van der Waals surface area contributed by atoms with E-state index in [4.69, 9.17) is 5.73 Å². The Morgan fingerprint density at radius 1 is 1.00 bits per heavy atom. The van der Waals surface area contributed by atoms with Gasteiger partial charge in [0.1, 0.15) is 5.69 Å². The van der Waals surface area contributed by atoms with Crippen molar-refractivity contribution in [1.29, 1.82) is 0 Å². The van der Waals surface area contributed by atoms with Crippen LogP contribution in [0.25, 0.3) is 0 Å². The third kappa shape index (κ3) is 3.56. The molecule has 5 nitrogen and oxygen atoms in total. The maximum Gasteiger partial charge on any atom is 0.292 e. The third-order valence-electron chi connectivity index (χ3n) is 6.16. The summed E-state index contributed by atoms with van der Waals surface area (Å²) in [5.74, 6) is 0. The highest BCUT2D eigenvalue weighted by atomic mass is 16.6. The number of rotatable bonds is 4. The molecular formula is C22H27N3O2. The molecule has 0 unspecified atom stereocenters. The van der Waals surface area contributed by atoms with Crippen LogP contribution in [-0.2, 0) is 12.8 Å². The minimum atomic E-state index is -0.230. The fraction of sp³-hybridized carbons (Fsp3) is 0.455. The number of nitro benzene ring substituents is 1. The van der Waals surface area contributed by atoms with Crippen LogP contribution in [0.4, 0.5) is 11.4 Å². The third-order valence-corrected chi connectivity index (χ3v) is 6.16. The van der Waals surface area contributed by atoms with Gasteiger partial charge in [0, 0.05) is 24.2 Å². The summed E-state index contributed by atoms with van der Waals surface area (Å²) >= 11 is 0. The second-order valence-electron chi connectivity index (χ2n) is 8.06. The van der Waals surface area contributed by atoms with E-state index in [0.29, 0.717) is 6.04 Å². The lowest BCUT2D eigenvalue weighted by Crippen LogP contribution is -2.47. The van der Waals surface area contributed by atoms with Gasteiger partial charge >= 0.3 is 0 Å². The summed E-state index contributed by atoms with van der Waals surface area (Å²) in [6.07, 6.45) is 5.87. The number of nitrogens with zero attached hydrogens (tertiary/aromatic N) is 2. The zero-order valence-corrected chi connectivity index (χ0v) is 15.8. The highest BCUT2D eigenvalue weighted by Crippen LogP contribution is 2.39. The van der Waals surface area contributed by atoms with Crippen LogP contribution in [0.15, 0.2) is 42.5 Å². The molecule has 0 radical (unpaired) electrons. The molecular weight excluding hydrogens is 338 g/mol. The summed E-state index contributed by atoms with van der Waals surface area (Å²) in [7, 11) is 0. The van der Waals surface area contributed by atoms with Crippen molar-refractivity contribution in [2.45, 2.75) is 63.6 Å². The van der Waals surface area contributed by atoms with Crippen molar-refractivity contribution in [3.8, 4) is 0 Å². The molecule has 5 heteroatoms. The van der Waals surface area contributed by atoms with Gasteiger partial charge in [0.05, 0.1) is 4.92 Å². The number of fused-ring (bicyclic) bond motifs is 1. The van der Waals surface area contributed by atoms with E-state index in [-0.39, 0.29) is 22.7 Å². The first-order chi connectivity index (χ1) is 13.0. The quantitative estimate of drug-likeness (QED) is 0.653. The minimum Gasteiger partial charge on any atom is -0.359 e. The average Bonchev–Trinajstić information content (AvgIpc) is 3.08. The molecule has 1 fully saturated rings. The second kappa shape index (κ2) is 7.31. The Kier molecular flexibility index (Phi) is 4.87. The minimum absolute atomic E-state index is 0.223. The summed E-state index contributed by atoms with van der Waals surface area (Å²) < 4.78 is 0. The van der Waals surface area contributed by atoms with Gasteiger partial charge in [0.15, 0.2) is 0 Å². The van der Waals surface area contributed by atoms with E-state index in [1.165, 1.54) is 11.1 Å². The Morgan fingerprint density at radius 3 is 2.22 bits per heavy atom. The molecule has 27 heavy (non-hydrogen) atoms. The van der Waals surface area contributed by atoms with E-state index < -0.39 is 0 Å². The fourth-order valence-electron chi connectivity index (χ4n) is 4.80. The first kappa shape index (κ1) is 18.0. The highest BCUT2D eigenvalue weighted by molar-refractivity contribution is 5.66. The van der Waals surface area contributed by atoms with Gasteiger partial charge in [-0.25, -0.2) is 0 Å². The van der Waals surface area contributed by atoms with Gasteiger partial charge in [0.25, 0.3) is 5.69 Å². The van der Waals surface area contributed by atoms with Crippen LogP contribution in [0.1, 0.15) is 42.4 Å². The van der Waals surface area contributed by atoms with Crippen molar-refractivity contribution in [2.24, 2.45) is 5.73 Å². The summed E-state index contributed by atoms with van der Waals surface area (Å²) in [4.78, 5) is 13.9. The lowest BCUT2D eigenvalue weighted by Gasteiger charge is -2.41. The lowest BCUT2D eigenvalue weighted by atomic mass is 9.89. The van der Waals surface area contributed by atoms with E-state index in [2.05, 4.69) is 29.2 Å². The van der Waals surface area contributed by atoms with Crippen molar-refractivity contribution in [1.82, 2.24) is 0 Å². The number of hydrogen-bond acceptors (Lipinski definition) is 4. The zero-order chi connectivity index (χ0) is 19.0. The van der Waals surface area contributed by atoms with Crippen molar-refractivity contribution < 1.29 is 4.92 Å². The predicted octanol–water partition coefficient (Wildman–Crippen LogP) is 4.15. The van der Waals surface area contributed by atoms with E-state index in [1.54, 1.807) is 6.07 Å². The molecule has 2 aliphatic carbocycles. The van der Waals surface area contributed by atoms with Crippen LogP contribution in [0.5, 0.6) is 0 Å². The molecule has 0 atom stereocenters. The summed E-state index contributed by atoms with van der Waals surface area (Å²) in [5, 5.41) is 11.8. The van der Waals surface area contributed by atoms with E-state index in [1.807, 2.05) is 19.1 Å². The van der Waals surface area contributed by atoms with Crippen LogP contribution in [0.2, 0.25) is 0 Å². The molecule has 1 saturated carbocycles. The average molecular weight is 365 g/mol. The van der Waals surface area contributed by atoms with E-state index >= 15 is 0 Å². The highest BCUT2D eigenvalue weighted by Gasteiger charge is 2.36. The number of hydrogen-bond donors (Lipinski definition) is 1. The first-order valence-electron chi connectivity index (χ1n) is 9.88. The number of anilines is 1. The summed E-state index contributed by atoms with van der Waals surface area (Å²) in [6, 6.07) is 15.0. The second-order valence-corrected chi connectivity index (χ2v) is 8.06. The molecule has 0 bridgehead atoms. The van der Waals surface area contributed by atoms with Gasteiger partial charge in [-0.3, -0.25) is 10.1 Å². The van der Waals surface area contributed by atoms with Gasteiger partial charge in [-0.2, -0.15) is 0 Å². The normalized spacial score (nSPS) is 22.4. The predicted molar refractivity (Wildman–Crippen MR) is 108 cm³/mol. The standard InChI is InChI=1S/C22H27N3O2/c1-15-6-11-21(22(12-15)25(26)27)24(19-9-7-18(23)8-10-19)20-13-16-4-2-3-5-17(16)14-20/h2-6,11-12,18-20H,7-10,13-14,23H2,1H3/t18-,19+. The van der Waals surface area contributed by atoms with Crippen molar-refractivity contribution in [3.63, 3.8) is 0 Å². The van der Waals surface area contributed by atoms with Crippen LogP contribution < -0.4 is 10.6 Å². The number of aryl methyl sites for hydroxylation is 1. The summed E-state index contributed by atoms with van der Waals surface area (Å²) in [5.41, 5.74) is 10.8. The Labute approximate surface area is 160 Å². The Hall–Kier alpha value is -2.40. The van der Waals surface area contributed by atoms with Crippen LogP contribution >= 0.6 is 0 Å². The van der Waals surface area contributed by atoms with Gasteiger partial charge in [0.2, 0.25) is 0 Å². The summed E-state index contributed by atoms with van der Waals surface area (Å²) in [6.45, 7) is 1.91. The van der Waals surface area contributed by atoms with E-state index in [9.17, 15) is 10.1 Å². The largest absolute Gasteiger partial charge is 0.359 e. The van der Waals surface area contributed by atoms with Crippen LogP contribution in [-0.4, -0.2) is 23.0 Å². The molecule has 142 valence electrons. The molecule has 2 aromatic carbocycles. The first-order valence-corrected chi connectivity index (χ1v) is 9.88. The Morgan fingerprint density at radius 2 is 1.63 bits per heavy atom. The monoisotopic (exact) mass is 365 g/mol. The molecule has 0 saturated heterocycles. The maximum atomic E-state index is 11.8. The van der Waals surface area contributed by atoms with Crippen LogP contribution in [0, 0.1) is 17.0 Å². The smallest absolute Gasteiger partial charge is 0.292 e. The molecule has 0 amide bonds. The molecule has 0 aromatic heterocycles. The van der Waals surface area contributed by atoms with Gasteiger partial charge < -0.3 is 10.6 Å². The Balaban J connectivity index is 1.73. The molecule has 0 heterocycles. The molecule has 0 spiro atoms. The molecule has 2 aliphatic rings. The Bertz CT molecular complexity index is 818. The van der Waals surface area contributed by atoms with Crippen molar-refractivity contribution in [2.75, 3.05) is 4.90 Å². The molecule has 4 rings (SSSR count). The molecule has 2 N–H and O–H groups in total. The maximum absolute atomic E-state index is 11.8. The fourth-order valence-corrected chi connectivity index (χ4v) is 4.80.